The minimum atomic E-state index is -4.94. The topological polar surface area (TPSA) is 120 Å². The first-order valence-electron chi connectivity index (χ1n) is 12.5. The van der Waals surface area contributed by atoms with Crippen molar-refractivity contribution >= 4 is 22.8 Å². The van der Waals surface area contributed by atoms with E-state index in [0.29, 0.717) is 16.6 Å². The molecule has 0 fully saturated rings. The second-order valence-electron chi connectivity index (χ2n) is 9.29. The fraction of sp³-hybridized carbons (Fsp3) is 0.222. The summed E-state index contributed by atoms with van der Waals surface area (Å²) in [4.78, 5) is 35.9. The van der Waals surface area contributed by atoms with Gasteiger partial charge in [0.05, 0.1) is 11.8 Å². The van der Waals surface area contributed by atoms with Crippen LogP contribution in [0.5, 0.6) is 11.5 Å². The number of anilines is 1. The molecule has 0 saturated carbocycles. The van der Waals surface area contributed by atoms with Crippen molar-refractivity contribution in [3.8, 4) is 17.3 Å². The molecule has 14 heteroatoms. The van der Waals surface area contributed by atoms with Crippen LogP contribution >= 0.6 is 0 Å². The molecule has 0 aliphatic heterocycles. The summed E-state index contributed by atoms with van der Waals surface area (Å²) >= 11 is 0. The van der Waals surface area contributed by atoms with E-state index >= 15 is 4.39 Å². The third kappa shape index (κ3) is 5.27. The Bertz CT molecular complexity index is 1820. The molecule has 41 heavy (non-hydrogen) atoms. The average molecular weight is 570 g/mol. The number of amides is 1. The number of carbonyl (C=O) groups is 1. The van der Waals surface area contributed by atoms with Gasteiger partial charge in [0, 0.05) is 36.3 Å². The fourth-order valence-electron chi connectivity index (χ4n) is 4.33. The Morgan fingerprint density at radius 2 is 1.85 bits per heavy atom. The van der Waals surface area contributed by atoms with Crippen LogP contribution < -0.4 is 15.7 Å². The van der Waals surface area contributed by atoms with Gasteiger partial charge >= 0.3 is 11.9 Å². The molecule has 4 heterocycles. The molecular weight excluding hydrogens is 546 g/mol. The number of hydrogen-bond donors (Lipinski definition) is 2. The Balaban J connectivity index is 1.43. The normalized spacial score (nSPS) is 11.8. The maximum Gasteiger partial charge on any atom is 0.434 e. The van der Waals surface area contributed by atoms with Crippen LogP contribution in [0.1, 0.15) is 48.4 Å². The molecule has 0 atom stereocenters. The Labute approximate surface area is 229 Å². The molecule has 0 bridgehead atoms. The maximum atomic E-state index is 15.0. The highest BCUT2D eigenvalue weighted by Gasteiger charge is 2.41. The molecule has 0 saturated heterocycles. The van der Waals surface area contributed by atoms with Crippen LogP contribution in [0.4, 0.5) is 23.2 Å². The van der Waals surface area contributed by atoms with Crippen LogP contribution in [0, 0.1) is 5.82 Å². The number of imidazole rings is 1. The lowest BCUT2D eigenvalue weighted by molar-refractivity contribution is -0.143. The van der Waals surface area contributed by atoms with Gasteiger partial charge in [-0.25, -0.2) is 23.8 Å². The summed E-state index contributed by atoms with van der Waals surface area (Å²) in [6.45, 7) is 5.41. The van der Waals surface area contributed by atoms with Crippen LogP contribution in [0.25, 0.3) is 17.0 Å². The third-order valence-electron chi connectivity index (χ3n) is 6.22. The van der Waals surface area contributed by atoms with E-state index < -0.39 is 34.8 Å². The van der Waals surface area contributed by atoms with E-state index in [0.717, 1.165) is 17.8 Å². The Morgan fingerprint density at radius 1 is 1.10 bits per heavy atom. The van der Waals surface area contributed by atoms with Crippen molar-refractivity contribution < 1.29 is 27.1 Å². The minimum Gasteiger partial charge on any atom is -0.452 e. The average Bonchev–Trinajstić information content (AvgIpc) is 3.52. The molecule has 0 unspecified atom stereocenters. The number of alkyl halides is 3. The van der Waals surface area contributed by atoms with Crippen LogP contribution in [0.15, 0.2) is 59.8 Å². The first-order valence-corrected chi connectivity index (χ1v) is 12.5. The van der Waals surface area contributed by atoms with Gasteiger partial charge < -0.3 is 10.1 Å². The molecule has 0 radical (unpaired) electrons. The van der Waals surface area contributed by atoms with Crippen LogP contribution in [-0.4, -0.2) is 35.2 Å². The van der Waals surface area contributed by atoms with Crippen LogP contribution in [0.3, 0.4) is 0 Å². The molecule has 10 nitrogen and oxygen atoms in total. The number of halogens is 4. The predicted octanol–water partition coefficient (Wildman–Crippen LogP) is 5.65. The van der Waals surface area contributed by atoms with Crippen LogP contribution in [-0.2, 0) is 12.6 Å². The number of aryl methyl sites for hydroxylation is 1. The molecule has 1 aromatic carbocycles. The highest BCUT2D eigenvalue weighted by atomic mass is 19.4. The minimum absolute atomic E-state index is 0.0983. The number of ether oxygens (including phenoxy) is 1. The molecule has 0 aliphatic rings. The monoisotopic (exact) mass is 569 g/mol. The summed E-state index contributed by atoms with van der Waals surface area (Å²) in [5, 5.41) is 6.04. The molecular formula is C27H23F4N7O3. The van der Waals surface area contributed by atoms with E-state index in [1.165, 1.54) is 41.2 Å². The number of nitrogens with one attached hydrogen (secondary N) is 2. The zero-order valence-corrected chi connectivity index (χ0v) is 22.0. The highest BCUT2D eigenvalue weighted by Crippen LogP contribution is 2.35. The van der Waals surface area contributed by atoms with E-state index in [-0.39, 0.29) is 34.7 Å². The van der Waals surface area contributed by atoms with E-state index in [1.807, 2.05) is 6.92 Å². The number of fused-ring (bicyclic) bond motifs is 1. The summed E-state index contributed by atoms with van der Waals surface area (Å²) in [6, 6.07) is 7.70. The quantitative estimate of drug-likeness (QED) is 0.245. The number of nitrogens with zero attached hydrogens (tertiary/aromatic N) is 5. The van der Waals surface area contributed by atoms with E-state index in [9.17, 15) is 22.8 Å². The summed E-state index contributed by atoms with van der Waals surface area (Å²) in [7, 11) is 0. The number of aromatic amines is 1. The smallest absolute Gasteiger partial charge is 0.434 e. The lowest BCUT2D eigenvalue weighted by atomic mass is 10.2. The van der Waals surface area contributed by atoms with Crippen molar-refractivity contribution in [1.29, 1.82) is 0 Å². The first kappa shape index (κ1) is 27.6. The fourth-order valence-corrected chi connectivity index (χ4v) is 4.33. The number of carbonyl (C=O) groups excluding carboxylic acids is 1. The molecule has 1 amide bonds. The Hall–Kier alpha value is -5.01. The number of H-pyrrole nitrogens is 1. The maximum absolute atomic E-state index is 15.0. The van der Waals surface area contributed by atoms with Crippen molar-refractivity contribution in [2.24, 2.45) is 0 Å². The standard InChI is InChI=1S/C27H23F4N7O3/c1-4-15-7-9-32-21(11-15)38-23(27(29,30)31)17(13-34-38)25(39)35-16-5-6-19(18(28)12-16)41-20-8-10-33-24-22(20)37(14(2)3)26(40)36-24/h5-14H,4H2,1-3H3,(H,35,39)(H,33,36,40). The van der Waals surface area contributed by atoms with Gasteiger partial charge in [-0.2, -0.15) is 18.3 Å². The summed E-state index contributed by atoms with van der Waals surface area (Å²) in [5.74, 6) is -2.24. The zero-order chi connectivity index (χ0) is 29.5. The third-order valence-corrected chi connectivity index (χ3v) is 6.22. The lowest BCUT2D eigenvalue weighted by Gasteiger charge is -2.14. The Kier molecular flexibility index (Phi) is 7.07. The molecule has 5 aromatic rings. The molecule has 212 valence electrons. The van der Waals surface area contributed by atoms with Crippen molar-refractivity contribution in [3.05, 3.63) is 88.1 Å². The summed E-state index contributed by atoms with van der Waals surface area (Å²) in [5.41, 5.74) is -1.29. The van der Waals surface area contributed by atoms with Crippen molar-refractivity contribution in [1.82, 2.24) is 29.3 Å². The van der Waals surface area contributed by atoms with E-state index in [4.69, 9.17) is 4.74 Å². The SMILES string of the molecule is CCc1ccnc(-n2ncc(C(=O)Nc3ccc(Oc4ccnc5[nH]c(=O)n(C(C)C)c45)c(F)c3)c2C(F)(F)F)c1. The number of hydrogen-bond acceptors (Lipinski definition) is 6. The van der Waals surface area contributed by atoms with Gasteiger partial charge in [0.2, 0.25) is 0 Å². The predicted molar refractivity (Wildman–Crippen MR) is 141 cm³/mol. The number of rotatable bonds is 7. The molecule has 0 aliphatic carbocycles. The zero-order valence-electron chi connectivity index (χ0n) is 22.0. The van der Waals surface area contributed by atoms with Gasteiger partial charge in [0.15, 0.2) is 34.5 Å². The summed E-state index contributed by atoms with van der Waals surface area (Å²) in [6.07, 6.45) is -0.854. The molecule has 0 spiro atoms. The number of pyridine rings is 2. The largest absolute Gasteiger partial charge is 0.452 e. The van der Waals surface area contributed by atoms with Crippen molar-refractivity contribution in [2.75, 3.05) is 5.32 Å². The molecule has 2 N–H and O–H groups in total. The van der Waals surface area contributed by atoms with Gasteiger partial charge in [-0.15, -0.1) is 0 Å². The van der Waals surface area contributed by atoms with Gasteiger partial charge in [0.25, 0.3) is 5.91 Å². The number of benzene rings is 1. The first-order chi connectivity index (χ1) is 19.5. The number of aromatic nitrogens is 6. The second-order valence-corrected chi connectivity index (χ2v) is 9.29. The van der Waals surface area contributed by atoms with Crippen molar-refractivity contribution in [2.45, 2.75) is 39.4 Å². The lowest BCUT2D eigenvalue weighted by Crippen LogP contribution is -2.21. The summed E-state index contributed by atoms with van der Waals surface area (Å²) < 4.78 is 64.9. The van der Waals surface area contributed by atoms with Crippen LogP contribution in [0.2, 0.25) is 0 Å². The highest BCUT2D eigenvalue weighted by molar-refractivity contribution is 6.05. The van der Waals surface area contributed by atoms with Gasteiger partial charge in [-0.3, -0.25) is 14.3 Å². The van der Waals surface area contributed by atoms with Crippen molar-refractivity contribution in [3.63, 3.8) is 0 Å². The van der Waals surface area contributed by atoms with E-state index in [2.05, 4.69) is 25.4 Å². The molecule has 4 aromatic heterocycles. The van der Waals surface area contributed by atoms with Gasteiger partial charge in [0.1, 0.15) is 5.52 Å². The Morgan fingerprint density at radius 3 is 2.54 bits per heavy atom. The van der Waals surface area contributed by atoms with Gasteiger partial charge in [-0.1, -0.05) is 6.92 Å². The second kappa shape index (κ2) is 10.5. The van der Waals surface area contributed by atoms with Gasteiger partial charge in [-0.05, 0) is 50.1 Å². The molecule has 5 rings (SSSR count). The van der Waals surface area contributed by atoms with E-state index in [1.54, 1.807) is 19.9 Å².